The van der Waals surface area contributed by atoms with Gasteiger partial charge in [0.15, 0.2) is 0 Å². The van der Waals surface area contributed by atoms with E-state index in [4.69, 9.17) is 5.84 Å². The van der Waals surface area contributed by atoms with Crippen LogP contribution in [0.1, 0.15) is 43.5 Å². The molecule has 0 aliphatic heterocycles. The zero-order valence-electron chi connectivity index (χ0n) is 8.96. The predicted octanol–water partition coefficient (Wildman–Crippen LogP) is 2.08. The Labute approximate surface area is 85.7 Å². The molecule has 0 radical (unpaired) electrons. The number of aromatic nitrogens is 1. The highest BCUT2D eigenvalue weighted by Gasteiger charge is 2.08. The standard InChI is InChI=1S/C11H19N3/c1-3-4-5-11(14-12)10-7-6-9(2)13-8-10/h6-8,11,14H,3-5,12H2,1-2H3. The van der Waals surface area contributed by atoms with Crippen molar-refractivity contribution in [1.29, 1.82) is 0 Å². The van der Waals surface area contributed by atoms with Gasteiger partial charge in [-0.25, -0.2) is 0 Å². The zero-order valence-corrected chi connectivity index (χ0v) is 8.96. The van der Waals surface area contributed by atoms with Gasteiger partial charge >= 0.3 is 0 Å². The van der Waals surface area contributed by atoms with Crippen molar-refractivity contribution in [3.05, 3.63) is 29.6 Å². The topological polar surface area (TPSA) is 50.9 Å². The lowest BCUT2D eigenvalue weighted by atomic mass is 10.0. The molecule has 0 saturated carbocycles. The van der Waals surface area contributed by atoms with Gasteiger partial charge in [-0.15, -0.1) is 0 Å². The number of nitrogens with zero attached hydrogens (tertiary/aromatic N) is 1. The SMILES string of the molecule is CCCCC(NN)c1ccc(C)nc1. The van der Waals surface area contributed by atoms with Crippen LogP contribution in [0.2, 0.25) is 0 Å². The van der Waals surface area contributed by atoms with Gasteiger partial charge in [0.2, 0.25) is 0 Å². The molecule has 3 N–H and O–H groups in total. The van der Waals surface area contributed by atoms with Crippen LogP contribution in [0.15, 0.2) is 18.3 Å². The van der Waals surface area contributed by atoms with Crippen LogP contribution in [0.3, 0.4) is 0 Å². The van der Waals surface area contributed by atoms with E-state index in [1.165, 1.54) is 18.4 Å². The molecule has 0 aliphatic carbocycles. The molecule has 0 saturated heterocycles. The Balaban J connectivity index is 2.64. The summed E-state index contributed by atoms with van der Waals surface area (Å²) in [5.74, 6) is 5.51. The highest BCUT2D eigenvalue weighted by atomic mass is 15.2. The summed E-state index contributed by atoms with van der Waals surface area (Å²) in [6, 6.07) is 4.34. The molecular formula is C11H19N3. The Hall–Kier alpha value is -0.930. The van der Waals surface area contributed by atoms with Crippen LogP contribution in [0.4, 0.5) is 0 Å². The molecular weight excluding hydrogens is 174 g/mol. The third kappa shape index (κ3) is 3.09. The van der Waals surface area contributed by atoms with Crippen molar-refractivity contribution in [2.24, 2.45) is 5.84 Å². The molecule has 1 heterocycles. The third-order valence-corrected chi connectivity index (χ3v) is 2.38. The normalized spacial score (nSPS) is 12.8. The molecule has 0 aliphatic rings. The lowest BCUT2D eigenvalue weighted by Gasteiger charge is -2.15. The molecule has 1 rings (SSSR count). The minimum atomic E-state index is 0.239. The molecule has 14 heavy (non-hydrogen) atoms. The Morgan fingerprint density at radius 3 is 2.79 bits per heavy atom. The van der Waals surface area contributed by atoms with Gasteiger partial charge in [0.1, 0.15) is 0 Å². The van der Waals surface area contributed by atoms with Gasteiger partial charge in [0, 0.05) is 17.9 Å². The number of hydrazine groups is 1. The van der Waals surface area contributed by atoms with Gasteiger partial charge in [-0.1, -0.05) is 25.8 Å². The molecule has 1 aromatic heterocycles. The molecule has 0 amide bonds. The van der Waals surface area contributed by atoms with Crippen molar-refractivity contribution < 1.29 is 0 Å². The molecule has 0 fully saturated rings. The summed E-state index contributed by atoms with van der Waals surface area (Å²) in [6.45, 7) is 4.17. The number of hydrogen-bond acceptors (Lipinski definition) is 3. The molecule has 1 atom stereocenters. The van der Waals surface area contributed by atoms with Crippen molar-refractivity contribution in [3.63, 3.8) is 0 Å². The second kappa shape index (κ2) is 5.73. The quantitative estimate of drug-likeness (QED) is 0.556. The minimum Gasteiger partial charge on any atom is -0.271 e. The summed E-state index contributed by atoms with van der Waals surface area (Å²) < 4.78 is 0. The van der Waals surface area contributed by atoms with E-state index in [-0.39, 0.29) is 6.04 Å². The van der Waals surface area contributed by atoms with E-state index in [0.29, 0.717) is 0 Å². The van der Waals surface area contributed by atoms with E-state index >= 15 is 0 Å². The molecule has 78 valence electrons. The van der Waals surface area contributed by atoms with Crippen LogP contribution >= 0.6 is 0 Å². The van der Waals surface area contributed by atoms with Crippen LogP contribution in [0, 0.1) is 6.92 Å². The first-order chi connectivity index (χ1) is 6.77. The number of unbranched alkanes of at least 4 members (excludes halogenated alkanes) is 1. The van der Waals surface area contributed by atoms with E-state index in [0.717, 1.165) is 12.1 Å². The smallest absolute Gasteiger partial charge is 0.0475 e. The average molecular weight is 193 g/mol. The Bertz CT molecular complexity index is 256. The molecule has 0 aromatic carbocycles. The number of pyridine rings is 1. The van der Waals surface area contributed by atoms with Gasteiger partial charge < -0.3 is 0 Å². The van der Waals surface area contributed by atoms with Crippen LogP contribution < -0.4 is 11.3 Å². The molecule has 1 unspecified atom stereocenters. The van der Waals surface area contributed by atoms with Crippen LogP contribution in [-0.2, 0) is 0 Å². The number of nitrogens with two attached hydrogens (primary N) is 1. The maximum Gasteiger partial charge on any atom is 0.0475 e. The highest BCUT2D eigenvalue weighted by Crippen LogP contribution is 2.17. The molecule has 3 heteroatoms. The molecule has 0 bridgehead atoms. The van der Waals surface area contributed by atoms with Gasteiger partial charge in [0.05, 0.1) is 0 Å². The van der Waals surface area contributed by atoms with Gasteiger partial charge in [0.25, 0.3) is 0 Å². The van der Waals surface area contributed by atoms with Crippen molar-refractivity contribution in [3.8, 4) is 0 Å². The zero-order chi connectivity index (χ0) is 10.4. The number of hydrogen-bond donors (Lipinski definition) is 2. The minimum absolute atomic E-state index is 0.239. The highest BCUT2D eigenvalue weighted by molar-refractivity contribution is 5.16. The largest absolute Gasteiger partial charge is 0.271 e. The van der Waals surface area contributed by atoms with Crippen LogP contribution in [-0.4, -0.2) is 4.98 Å². The number of nitrogens with one attached hydrogen (secondary N) is 1. The number of aryl methyl sites for hydroxylation is 1. The first-order valence-corrected chi connectivity index (χ1v) is 5.16. The summed E-state index contributed by atoms with van der Waals surface area (Å²) in [7, 11) is 0. The second-order valence-corrected chi connectivity index (χ2v) is 3.59. The van der Waals surface area contributed by atoms with Crippen LogP contribution in [0.25, 0.3) is 0 Å². The maximum atomic E-state index is 5.51. The van der Waals surface area contributed by atoms with E-state index in [1.807, 2.05) is 19.2 Å². The van der Waals surface area contributed by atoms with Crippen LogP contribution in [0.5, 0.6) is 0 Å². The Morgan fingerprint density at radius 1 is 1.50 bits per heavy atom. The fraction of sp³-hybridized carbons (Fsp3) is 0.545. The van der Waals surface area contributed by atoms with Crippen molar-refractivity contribution in [2.75, 3.05) is 0 Å². The summed E-state index contributed by atoms with van der Waals surface area (Å²) in [4.78, 5) is 4.26. The van der Waals surface area contributed by atoms with Crippen molar-refractivity contribution >= 4 is 0 Å². The fourth-order valence-electron chi connectivity index (χ4n) is 1.44. The Morgan fingerprint density at radius 2 is 2.29 bits per heavy atom. The fourth-order valence-corrected chi connectivity index (χ4v) is 1.44. The molecule has 0 spiro atoms. The molecule has 1 aromatic rings. The summed E-state index contributed by atoms with van der Waals surface area (Å²) in [5.41, 5.74) is 5.05. The first kappa shape index (κ1) is 11.1. The lowest BCUT2D eigenvalue weighted by molar-refractivity contribution is 0.494. The van der Waals surface area contributed by atoms with Gasteiger partial charge in [-0.05, 0) is 25.0 Å². The third-order valence-electron chi connectivity index (χ3n) is 2.38. The monoisotopic (exact) mass is 193 g/mol. The predicted molar refractivity (Wildman–Crippen MR) is 58.6 cm³/mol. The average Bonchev–Trinajstić information content (AvgIpc) is 2.21. The second-order valence-electron chi connectivity index (χ2n) is 3.59. The van der Waals surface area contributed by atoms with Gasteiger partial charge in [-0.2, -0.15) is 0 Å². The number of rotatable bonds is 5. The van der Waals surface area contributed by atoms with E-state index in [1.54, 1.807) is 0 Å². The summed E-state index contributed by atoms with van der Waals surface area (Å²) in [5, 5.41) is 0. The molecule has 3 nitrogen and oxygen atoms in total. The van der Waals surface area contributed by atoms with E-state index in [9.17, 15) is 0 Å². The summed E-state index contributed by atoms with van der Waals surface area (Å²) in [6.07, 6.45) is 5.34. The Kier molecular flexibility index (Phi) is 4.56. The van der Waals surface area contributed by atoms with Crippen molar-refractivity contribution in [2.45, 2.75) is 39.2 Å². The lowest BCUT2D eigenvalue weighted by Crippen LogP contribution is -2.28. The van der Waals surface area contributed by atoms with Crippen molar-refractivity contribution in [1.82, 2.24) is 10.4 Å². The summed E-state index contributed by atoms with van der Waals surface area (Å²) >= 11 is 0. The van der Waals surface area contributed by atoms with E-state index in [2.05, 4.69) is 23.4 Å². The van der Waals surface area contributed by atoms with E-state index < -0.39 is 0 Å². The van der Waals surface area contributed by atoms with Gasteiger partial charge in [-0.3, -0.25) is 16.3 Å². The maximum absolute atomic E-state index is 5.51. The first-order valence-electron chi connectivity index (χ1n) is 5.16.